The Balaban J connectivity index is -0.000000205. The van der Waals surface area contributed by atoms with Gasteiger partial charge in [0.05, 0.1) is 50.8 Å². The van der Waals surface area contributed by atoms with Crippen LogP contribution in [0.15, 0.2) is 0 Å². The molecular formula is C86H172Br2Mg2O22Y. The van der Waals surface area contributed by atoms with Gasteiger partial charge in [0.1, 0.15) is 0 Å². The molecule has 27 heteroatoms. The van der Waals surface area contributed by atoms with Gasteiger partial charge >= 0.3 is 46.1 Å². The van der Waals surface area contributed by atoms with Crippen molar-refractivity contribution in [3.8, 4) is 0 Å². The number of carbonyl (C=O) groups is 2. The zero-order valence-corrected chi connectivity index (χ0v) is 83.0. The van der Waals surface area contributed by atoms with E-state index >= 15 is 0 Å². The molecule has 10 atom stereocenters. The van der Waals surface area contributed by atoms with E-state index in [1.807, 2.05) is 27.7 Å². The summed E-state index contributed by atoms with van der Waals surface area (Å²) in [4.78, 5) is 17.6. The Morgan fingerprint density at radius 3 is 0.814 bits per heavy atom. The molecule has 7 aliphatic heterocycles. The molecule has 1 radical (unpaired) electrons. The number of methoxy groups -OCH3 is 2. The Labute approximate surface area is 768 Å². The number of halogens is 2. The molecule has 7 fully saturated rings. The standard InChI is InChI=1S/C28H54O6.C18H38O4.C12H23BrO2.C12H23O2.C6H12O3.2C4H8O.C2H2O2.BrH.2Mg.H2O.Y.2H/c1-27(2,21-33-25-13-5-7-19-31-25)17-9-11-23(29)15-16-24(30)12-10-18-28(3,4)22-34-26-14-6-8-20-32-26;1-17(2,13-19)11-5-7-15(21)9-10-16(22)8-6-12-18(3,4)14-20;1-12(2,7-5-8-13)10-15-11-6-3-4-9-14-11;1-4-8-12(2,3)10-14-11-7-5-6-9-13-11;1-7-5-3-4-6(8-2)9-5;2*1-2-4-5-3-1;3-1-2-4;;;;;;;/h23-26,29-30H,5-22H2,1-4H3;15-16,19-22H,5-14H2,1-4H3;11H,3-10H2,1-2H3;11H,1,4-10H2,2-3H3;5-6H,3-4H2,1-2H3;2*1-4H2;1-2H;1H;;;1H2;;;/q;;;-1;;;;;;2*+2;;;2*-1/p-1. The van der Waals surface area contributed by atoms with E-state index in [-0.39, 0.29) is 225 Å². The molecule has 7 heterocycles. The van der Waals surface area contributed by atoms with Gasteiger partial charge in [0.25, 0.3) is 0 Å². The molecule has 0 aromatic heterocycles. The Kier molecular flexibility index (Phi) is 87.8. The van der Waals surface area contributed by atoms with Gasteiger partial charge in [0, 0.05) is 131 Å². The molecule has 22 nitrogen and oxygen atoms in total. The second kappa shape index (κ2) is 78.8. The van der Waals surface area contributed by atoms with Crippen molar-refractivity contribution < 1.29 is 160 Å². The number of aliphatic hydroxyl groups is 6. The molecule has 10 unspecified atom stereocenters. The molecule has 113 heavy (non-hydrogen) atoms. The summed E-state index contributed by atoms with van der Waals surface area (Å²) in [6.45, 7) is 40.5. The van der Waals surface area contributed by atoms with Gasteiger partial charge in [-0.2, -0.15) is 6.42 Å². The first kappa shape index (κ1) is 126. The van der Waals surface area contributed by atoms with Crippen molar-refractivity contribution in [2.45, 2.75) is 389 Å². The van der Waals surface area contributed by atoms with Crippen LogP contribution >= 0.6 is 15.9 Å². The fourth-order valence-corrected chi connectivity index (χ4v) is 13.0. The Bertz CT molecular complexity index is 1920. The van der Waals surface area contributed by atoms with Crippen molar-refractivity contribution in [2.24, 2.45) is 32.5 Å². The van der Waals surface area contributed by atoms with E-state index in [9.17, 15) is 30.6 Å². The van der Waals surface area contributed by atoms with E-state index in [2.05, 4.69) is 78.2 Å². The number of aliphatic hydroxyl groups excluding tert-OH is 6. The minimum Gasteiger partial charge on any atom is -1.00 e. The zero-order chi connectivity index (χ0) is 80.9. The van der Waals surface area contributed by atoms with Crippen molar-refractivity contribution >= 4 is 74.6 Å². The molecule has 0 aromatic rings. The van der Waals surface area contributed by atoms with E-state index < -0.39 is 0 Å². The fraction of sp³-hybridized carbons (Fsp3) is 0.965. The van der Waals surface area contributed by atoms with Crippen molar-refractivity contribution in [3.63, 3.8) is 0 Å². The summed E-state index contributed by atoms with van der Waals surface area (Å²) in [6.07, 6.45) is 37.2. The zero-order valence-electron chi connectivity index (χ0n) is 76.2. The summed E-state index contributed by atoms with van der Waals surface area (Å²) < 4.78 is 70.8. The molecule has 0 saturated carbocycles. The third-order valence-corrected chi connectivity index (χ3v) is 20.9. The molecule has 0 aliphatic carbocycles. The number of hydrogen-bond donors (Lipinski definition) is 6. The van der Waals surface area contributed by atoms with Crippen molar-refractivity contribution in [3.05, 3.63) is 6.92 Å². The average molecular weight is 1860 g/mol. The van der Waals surface area contributed by atoms with E-state index in [0.29, 0.717) is 38.9 Å². The molecule has 0 spiro atoms. The number of carbonyl (C=O) groups excluding carboxylic acids is 2. The SMILES string of the molecule is C1CCOC1.C1CCOC1.CC(C)(CCCBr)COC1CCCCO1.CC(C)(CCCC(O)CCC(O)CCCC(C)(C)COC1CCCCO1)COC1CCCCO1.CC(C)(CO)CCCC(O)CCC(O)CCCC(C)(C)CO.COC1CCC(OC)O1.O.O=CC=O.[Br-].[CH2-]CCC(C)(C)COC1CCCCO1.[H-].[H-].[Mg+2].[Mg+2].[Y]. The van der Waals surface area contributed by atoms with Crippen LogP contribution in [0.25, 0.3) is 0 Å². The maximum Gasteiger partial charge on any atom is 2.00 e. The first-order valence-electron chi connectivity index (χ1n) is 42.3. The predicted octanol–water partition coefficient (Wildman–Crippen LogP) is 13.1. The minimum absolute atomic E-state index is 0. The quantitative estimate of drug-likeness (QED) is 0.0109. The van der Waals surface area contributed by atoms with Crippen LogP contribution in [0.2, 0.25) is 0 Å². The van der Waals surface area contributed by atoms with Crippen LogP contribution in [0.4, 0.5) is 0 Å². The smallest absolute Gasteiger partial charge is 1.00 e. The van der Waals surface area contributed by atoms with Gasteiger partial charge in [-0.15, -0.1) is 0 Å². The van der Waals surface area contributed by atoms with E-state index in [0.717, 1.165) is 213 Å². The largest absolute Gasteiger partial charge is 2.00 e. The third kappa shape index (κ3) is 78.6. The topological polar surface area (TPSA) is 307 Å². The number of aldehydes is 2. The van der Waals surface area contributed by atoms with Gasteiger partial charge < -0.3 is 124 Å². The monoisotopic (exact) mass is 1850 g/mol. The molecule has 7 aliphatic rings. The van der Waals surface area contributed by atoms with E-state index in [4.69, 9.17) is 71.2 Å². The van der Waals surface area contributed by atoms with Crippen LogP contribution in [0, 0.1) is 39.4 Å². The molecule has 669 valence electrons. The molecular weight excluding hydrogens is 1680 g/mol. The minimum atomic E-state index is -0.363. The summed E-state index contributed by atoms with van der Waals surface area (Å²) in [5.41, 5.74) is 0.536. The summed E-state index contributed by atoms with van der Waals surface area (Å²) in [6, 6.07) is 0. The summed E-state index contributed by atoms with van der Waals surface area (Å²) in [7, 11) is 3.28. The molecule has 8 N–H and O–H groups in total. The van der Waals surface area contributed by atoms with Crippen LogP contribution in [0.5, 0.6) is 0 Å². The molecule has 0 aromatic carbocycles. The summed E-state index contributed by atoms with van der Waals surface area (Å²) >= 11 is 3.46. The Morgan fingerprint density at radius 2 is 0.628 bits per heavy atom. The fourth-order valence-electron chi connectivity index (χ4n) is 12.7. The average Bonchev–Trinajstić information content (AvgIpc) is 1.64. The maximum atomic E-state index is 10.4. The Morgan fingerprint density at radius 1 is 0.389 bits per heavy atom. The molecule has 7 saturated heterocycles. The Hall–Kier alpha value is 2.14. The number of rotatable bonds is 44. The van der Waals surface area contributed by atoms with Crippen LogP contribution in [0.1, 0.15) is 330 Å². The van der Waals surface area contributed by atoms with Gasteiger partial charge in [0.2, 0.25) is 0 Å². The van der Waals surface area contributed by atoms with Crippen LogP contribution in [-0.4, -0.2) is 269 Å². The van der Waals surface area contributed by atoms with Crippen LogP contribution < -0.4 is 17.0 Å². The van der Waals surface area contributed by atoms with Gasteiger partial charge in [0.15, 0.2) is 50.3 Å². The van der Waals surface area contributed by atoms with Gasteiger partial charge in [-0.3, -0.25) is 9.59 Å². The number of alkyl halides is 1. The summed E-state index contributed by atoms with van der Waals surface area (Å²) in [5, 5.41) is 60.1. The molecule has 0 amide bonds. The second-order valence-corrected chi connectivity index (χ2v) is 36.2. The van der Waals surface area contributed by atoms with E-state index in [1.165, 1.54) is 77.0 Å². The predicted molar refractivity (Wildman–Crippen MR) is 452 cm³/mol. The maximum absolute atomic E-state index is 10.4. The van der Waals surface area contributed by atoms with Crippen LogP contribution in [0.3, 0.4) is 0 Å². The van der Waals surface area contributed by atoms with Crippen molar-refractivity contribution in [1.29, 1.82) is 0 Å². The van der Waals surface area contributed by atoms with Crippen molar-refractivity contribution in [2.75, 3.05) is 112 Å². The third-order valence-electron chi connectivity index (χ3n) is 20.3. The first-order valence-corrected chi connectivity index (χ1v) is 43.4. The summed E-state index contributed by atoms with van der Waals surface area (Å²) in [5.74, 6) is 0. The van der Waals surface area contributed by atoms with Crippen LogP contribution in [-0.2, 0) is 104 Å². The molecule has 0 bridgehead atoms. The second-order valence-electron chi connectivity index (χ2n) is 35.4. The molecule has 7 rings (SSSR count). The van der Waals surface area contributed by atoms with Gasteiger partial charge in [-0.25, -0.2) is 0 Å². The first-order chi connectivity index (χ1) is 51.3. The number of ether oxygens (including phenoxy) is 13. The van der Waals surface area contributed by atoms with Crippen molar-refractivity contribution in [1.82, 2.24) is 0 Å². The van der Waals surface area contributed by atoms with E-state index in [1.54, 1.807) is 14.2 Å². The number of hydrogen-bond acceptors (Lipinski definition) is 21. The van der Waals surface area contributed by atoms with Gasteiger partial charge in [-0.05, 0) is 225 Å². The normalized spacial score (nSPS) is 21.5. The van der Waals surface area contributed by atoms with Gasteiger partial charge in [-0.1, -0.05) is 131 Å².